The van der Waals surface area contributed by atoms with Crippen molar-refractivity contribution in [3.63, 3.8) is 0 Å². The lowest BCUT2D eigenvalue weighted by Gasteiger charge is -2.33. The summed E-state index contributed by atoms with van der Waals surface area (Å²) < 4.78 is 29.8. The summed E-state index contributed by atoms with van der Waals surface area (Å²) in [5.41, 5.74) is 2.50. The fourth-order valence-corrected chi connectivity index (χ4v) is 5.78. The van der Waals surface area contributed by atoms with Crippen LogP contribution in [0.5, 0.6) is 0 Å². The van der Waals surface area contributed by atoms with Crippen LogP contribution in [0.2, 0.25) is 5.02 Å². The molecule has 2 amide bonds. The molecule has 1 N–H and O–H groups in total. The Morgan fingerprint density at radius 1 is 0.950 bits per heavy atom. The molecule has 0 spiro atoms. The Hall–Kier alpha value is -2.88. The van der Waals surface area contributed by atoms with E-state index in [1.807, 2.05) is 65.0 Å². The third-order valence-electron chi connectivity index (χ3n) is 6.39. The summed E-state index contributed by atoms with van der Waals surface area (Å²) in [5, 5.41) is 3.32. The molecular weight excluding hydrogens is 614 g/mol. The topological polar surface area (TPSA) is 86.8 Å². The fraction of sp³-hybridized carbons (Fsp3) is 0.333. The van der Waals surface area contributed by atoms with Crippen molar-refractivity contribution in [3.05, 3.63) is 92.9 Å². The first kappa shape index (κ1) is 31.6. The van der Waals surface area contributed by atoms with Gasteiger partial charge in [0.2, 0.25) is 11.8 Å². The van der Waals surface area contributed by atoms with Gasteiger partial charge < -0.3 is 10.2 Å². The number of benzene rings is 3. The van der Waals surface area contributed by atoms with Crippen molar-refractivity contribution in [2.75, 3.05) is 10.8 Å². The highest BCUT2D eigenvalue weighted by Gasteiger charge is 2.33. The van der Waals surface area contributed by atoms with E-state index in [1.54, 1.807) is 19.1 Å². The van der Waals surface area contributed by atoms with Crippen LogP contribution < -0.4 is 9.62 Å². The van der Waals surface area contributed by atoms with Crippen LogP contribution in [0.4, 0.5) is 5.69 Å². The average Bonchev–Trinajstić information content (AvgIpc) is 2.87. The number of hydrogen-bond donors (Lipinski definition) is 1. The summed E-state index contributed by atoms with van der Waals surface area (Å²) in [6.07, 6.45) is 0. The largest absolute Gasteiger partial charge is 0.350 e. The molecule has 3 aromatic carbocycles. The molecule has 0 radical (unpaired) electrons. The van der Waals surface area contributed by atoms with Crippen LogP contribution in [0.3, 0.4) is 0 Å². The molecule has 0 saturated heterocycles. The quantitative estimate of drug-likeness (QED) is 0.297. The predicted molar refractivity (Wildman–Crippen MR) is 164 cm³/mol. The zero-order chi connectivity index (χ0) is 29.8. The van der Waals surface area contributed by atoms with E-state index >= 15 is 0 Å². The Morgan fingerprint density at radius 2 is 1.55 bits per heavy atom. The molecule has 0 unspecified atom stereocenters. The van der Waals surface area contributed by atoms with Crippen LogP contribution in [0.15, 0.2) is 76.1 Å². The van der Waals surface area contributed by atoms with Crippen molar-refractivity contribution in [1.29, 1.82) is 0 Å². The maximum Gasteiger partial charge on any atom is 0.264 e. The first-order valence-electron chi connectivity index (χ1n) is 12.8. The Kier molecular flexibility index (Phi) is 10.1. The smallest absolute Gasteiger partial charge is 0.264 e. The number of aryl methyl sites for hydroxylation is 2. The molecule has 0 aliphatic heterocycles. The monoisotopic (exact) mass is 647 g/mol. The molecule has 3 rings (SSSR count). The maximum absolute atomic E-state index is 14.0. The number of sulfonamides is 1. The molecule has 0 aliphatic carbocycles. The lowest BCUT2D eigenvalue weighted by atomic mass is 10.1. The summed E-state index contributed by atoms with van der Waals surface area (Å²) >= 11 is 9.43. The van der Waals surface area contributed by atoms with Gasteiger partial charge in [-0.15, -0.1) is 0 Å². The number of carbonyl (C=O) groups excluding carboxylic acids is 2. The van der Waals surface area contributed by atoms with E-state index in [2.05, 4.69) is 21.2 Å². The first-order chi connectivity index (χ1) is 18.6. The molecule has 1 atom stereocenters. The van der Waals surface area contributed by atoms with Gasteiger partial charge in [-0.25, -0.2) is 8.42 Å². The molecule has 0 saturated carbocycles. The number of carbonyl (C=O) groups is 2. The van der Waals surface area contributed by atoms with E-state index < -0.39 is 34.1 Å². The molecule has 3 aromatic rings. The zero-order valence-electron chi connectivity index (χ0n) is 23.5. The Bertz CT molecular complexity index is 1470. The van der Waals surface area contributed by atoms with Crippen molar-refractivity contribution in [3.8, 4) is 0 Å². The molecule has 7 nitrogen and oxygen atoms in total. The lowest BCUT2D eigenvalue weighted by Crippen LogP contribution is -2.54. The first-order valence-corrected chi connectivity index (χ1v) is 15.4. The highest BCUT2D eigenvalue weighted by molar-refractivity contribution is 9.10. The Balaban J connectivity index is 2.06. The van der Waals surface area contributed by atoms with Crippen LogP contribution in [-0.2, 0) is 26.2 Å². The molecule has 0 aromatic heterocycles. The van der Waals surface area contributed by atoms with Gasteiger partial charge in [0.05, 0.1) is 10.6 Å². The van der Waals surface area contributed by atoms with E-state index in [-0.39, 0.29) is 17.3 Å². The minimum absolute atomic E-state index is 0.000844. The number of nitrogens with zero attached hydrogens (tertiary/aromatic N) is 2. The van der Waals surface area contributed by atoms with Crippen molar-refractivity contribution < 1.29 is 18.0 Å². The van der Waals surface area contributed by atoms with Crippen LogP contribution in [0.1, 0.15) is 44.4 Å². The number of hydrogen-bond acceptors (Lipinski definition) is 4. The zero-order valence-corrected chi connectivity index (χ0v) is 26.7. The van der Waals surface area contributed by atoms with Crippen LogP contribution >= 0.6 is 27.5 Å². The summed E-state index contributed by atoms with van der Waals surface area (Å²) in [7, 11) is -4.16. The fourth-order valence-electron chi connectivity index (χ4n) is 3.99. The molecule has 214 valence electrons. The Morgan fingerprint density at radius 3 is 2.10 bits per heavy atom. The predicted octanol–water partition coefficient (Wildman–Crippen LogP) is 6.25. The summed E-state index contributed by atoms with van der Waals surface area (Å²) in [6.45, 7) is 10.6. The van der Waals surface area contributed by atoms with Crippen LogP contribution in [0.25, 0.3) is 0 Å². The molecule has 0 fully saturated rings. The second-order valence-electron chi connectivity index (χ2n) is 10.8. The number of nitrogens with one attached hydrogen (secondary N) is 1. The van der Waals surface area contributed by atoms with Crippen LogP contribution in [-0.4, -0.2) is 43.3 Å². The number of anilines is 1. The summed E-state index contributed by atoms with van der Waals surface area (Å²) in [5.74, 6) is -0.855. The third kappa shape index (κ3) is 8.08. The van der Waals surface area contributed by atoms with Gasteiger partial charge in [0, 0.05) is 21.6 Å². The van der Waals surface area contributed by atoms with Gasteiger partial charge in [0.15, 0.2) is 0 Å². The van der Waals surface area contributed by atoms with E-state index in [0.717, 1.165) is 25.5 Å². The molecule has 0 heterocycles. The molecule has 40 heavy (non-hydrogen) atoms. The van der Waals surface area contributed by atoms with Crippen molar-refractivity contribution >= 4 is 55.1 Å². The van der Waals surface area contributed by atoms with Gasteiger partial charge in [-0.1, -0.05) is 45.7 Å². The second kappa shape index (κ2) is 12.7. The Labute approximate surface area is 250 Å². The molecule has 10 heteroatoms. The van der Waals surface area contributed by atoms with Gasteiger partial charge in [-0.2, -0.15) is 0 Å². The van der Waals surface area contributed by atoms with Crippen molar-refractivity contribution in [1.82, 2.24) is 10.2 Å². The number of amides is 2. The number of halogens is 2. The van der Waals surface area contributed by atoms with Crippen LogP contribution in [0, 0.1) is 13.8 Å². The average molecular weight is 649 g/mol. The van der Waals surface area contributed by atoms with Gasteiger partial charge in [0.1, 0.15) is 12.6 Å². The lowest BCUT2D eigenvalue weighted by molar-refractivity contribution is -0.140. The van der Waals surface area contributed by atoms with Crippen molar-refractivity contribution in [2.45, 2.75) is 64.6 Å². The van der Waals surface area contributed by atoms with Crippen molar-refractivity contribution in [2.24, 2.45) is 0 Å². The molecular formula is C30H35BrClN3O4S. The SMILES string of the molecule is Cc1ccc(N(CC(=O)N(Cc2ccc(Br)cc2)[C@H](C)C(=O)NC(C)(C)C)S(=O)(=O)c2ccc(Cl)cc2)cc1C. The standard InChI is InChI=1S/C30H35BrClN3O4S/c1-20-7-14-26(17-21(20)2)35(40(38,39)27-15-12-25(32)13-16-27)19-28(36)34(18-23-8-10-24(31)11-9-23)22(3)29(37)33-30(4,5)6/h7-17,22H,18-19H2,1-6H3,(H,33,37)/t22-/m1/s1. The van der Waals surface area contributed by atoms with Gasteiger partial charge in [0.25, 0.3) is 10.0 Å². The summed E-state index contributed by atoms with van der Waals surface area (Å²) in [4.78, 5) is 28.6. The van der Waals surface area contributed by atoms with Gasteiger partial charge >= 0.3 is 0 Å². The van der Waals surface area contributed by atoms with Gasteiger partial charge in [-0.05, 0) is 107 Å². The minimum atomic E-state index is -4.16. The van der Waals surface area contributed by atoms with Gasteiger partial charge in [-0.3, -0.25) is 13.9 Å². The highest BCUT2D eigenvalue weighted by atomic mass is 79.9. The number of rotatable bonds is 9. The highest BCUT2D eigenvalue weighted by Crippen LogP contribution is 2.27. The normalized spacial score (nSPS) is 12.5. The third-order valence-corrected chi connectivity index (χ3v) is 8.96. The second-order valence-corrected chi connectivity index (χ2v) is 14.0. The van der Waals surface area contributed by atoms with E-state index in [1.165, 1.54) is 29.2 Å². The molecule has 0 aliphatic rings. The van der Waals surface area contributed by atoms with E-state index in [4.69, 9.17) is 11.6 Å². The van der Waals surface area contributed by atoms with E-state index in [0.29, 0.717) is 10.7 Å². The summed E-state index contributed by atoms with van der Waals surface area (Å²) in [6, 6.07) is 17.6. The maximum atomic E-state index is 14.0. The van der Waals surface area contributed by atoms with E-state index in [9.17, 15) is 18.0 Å². The molecule has 0 bridgehead atoms. The minimum Gasteiger partial charge on any atom is -0.350 e.